The van der Waals surface area contributed by atoms with Crippen molar-refractivity contribution in [3.63, 3.8) is 0 Å². The third-order valence-corrected chi connectivity index (χ3v) is 2.35. The molecule has 0 bridgehead atoms. The van der Waals surface area contributed by atoms with Crippen molar-refractivity contribution >= 4 is 6.29 Å². The van der Waals surface area contributed by atoms with Gasteiger partial charge in [-0.05, 0) is 0 Å². The first-order valence-corrected chi connectivity index (χ1v) is 3.93. The molecule has 6 heteroatoms. The van der Waals surface area contributed by atoms with Gasteiger partial charge in [-0.2, -0.15) is 0 Å². The molecule has 6 nitrogen and oxygen atoms in total. The minimum absolute atomic E-state index is 0.106. The van der Waals surface area contributed by atoms with Crippen molar-refractivity contribution in [2.45, 2.75) is 36.8 Å². The van der Waals surface area contributed by atoms with Crippen LogP contribution in [0.15, 0.2) is 0 Å². The van der Waals surface area contributed by atoms with Crippen LogP contribution >= 0.6 is 0 Å². The van der Waals surface area contributed by atoms with Crippen LogP contribution in [0.2, 0.25) is 0 Å². The number of hydrogen-bond donors (Lipinski definition) is 4. The molecule has 0 amide bonds. The summed E-state index contributed by atoms with van der Waals surface area (Å²) in [5.74, 6) is 4.88. The van der Waals surface area contributed by atoms with E-state index >= 15 is 0 Å². The molecule has 76 valence electrons. The zero-order valence-electron chi connectivity index (χ0n) is 6.96. The summed E-state index contributed by atoms with van der Waals surface area (Å²) >= 11 is 0. The molecular weight excluding hydrogens is 178 g/mol. The summed E-state index contributed by atoms with van der Waals surface area (Å²) in [5.41, 5.74) is -1.38. The average Bonchev–Trinajstić information content (AvgIpc) is 2.13. The minimum Gasteiger partial charge on any atom is -0.390 e. The minimum atomic E-state index is -1.38. The number of hydrogen-bond acceptors (Lipinski definition) is 6. The third-order valence-electron chi connectivity index (χ3n) is 2.35. The first kappa shape index (κ1) is 10.6. The molecule has 0 heterocycles. The van der Waals surface area contributed by atoms with Crippen molar-refractivity contribution in [1.82, 2.24) is 0 Å². The predicted octanol–water partition coefficient (Wildman–Crippen LogP) is -2.31. The second-order valence-corrected chi connectivity index (χ2v) is 3.33. The number of aliphatic hydroxyl groups is 3. The molecule has 0 aromatic heterocycles. The van der Waals surface area contributed by atoms with Crippen LogP contribution in [-0.2, 0) is 9.63 Å². The standard InChI is InChI=1S/C7H13NO5/c8-13-7(3-9)1-4(10)6(12)5(11)2-7/h3-6,10-12H,1-2,8H2/t4-,5-,6?,7?/m1/s1. The van der Waals surface area contributed by atoms with Crippen LogP contribution < -0.4 is 5.90 Å². The molecule has 1 aliphatic rings. The van der Waals surface area contributed by atoms with E-state index < -0.39 is 23.9 Å². The van der Waals surface area contributed by atoms with Crippen molar-refractivity contribution in [2.75, 3.05) is 0 Å². The van der Waals surface area contributed by atoms with Gasteiger partial charge in [0.15, 0.2) is 6.29 Å². The van der Waals surface area contributed by atoms with Gasteiger partial charge in [0.05, 0.1) is 12.2 Å². The Labute approximate surface area is 74.9 Å². The van der Waals surface area contributed by atoms with Crippen LogP contribution in [0.3, 0.4) is 0 Å². The SMILES string of the molecule is NOC1(C=O)C[C@@H](O)C(O)[C@H](O)C1. The van der Waals surface area contributed by atoms with Crippen molar-refractivity contribution in [3.05, 3.63) is 0 Å². The molecule has 2 atom stereocenters. The Morgan fingerprint density at radius 2 is 1.77 bits per heavy atom. The van der Waals surface area contributed by atoms with Crippen molar-refractivity contribution in [1.29, 1.82) is 0 Å². The summed E-state index contributed by atoms with van der Waals surface area (Å²) in [5, 5.41) is 27.6. The lowest BCUT2D eigenvalue weighted by atomic mass is 9.80. The van der Waals surface area contributed by atoms with Crippen molar-refractivity contribution < 1.29 is 25.0 Å². The summed E-state index contributed by atoms with van der Waals surface area (Å²) in [6.45, 7) is 0. The number of aldehydes is 1. The molecule has 13 heavy (non-hydrogen) atoms. The topological polar surface area (TPSA) is 113 Å². The van der Waals surface area contributed by atoms with E-state index in [-0.39, 0.29) is 12.8 Å². The molecule has 0 aromatic carbocycles. The smallest absolute Gasteiger partial charge is 0.154 e. The summed E-state index contributed by atoms with van der Waals surface area (Å²) < 4.78 is 0. The highest BCUT2D eigenvalue weighted by Crippen LogP contribution is 2.29. The van der Waals surface area contributed by atoms with Gasteiger partial charge in [0.1, 0.15) is 11.7 Å². The van der Waals surface area contributed by atoms with Gasteiger partial charge in [0.2, 0.25) is 0 Å². The highest BCUT2D eigenvalue weighted by atomic mass is 16.6. The molecule has 0 saturated heterocycles. The van der Waals surface area contributed by atoms with Gasteiger partial charge in [-0.1, -0.05) is 0 Å². The number of carbonyl (C=O) groups excluding carboxylic acids is 1. The van der Waals surface area contributed by atoms with E-state index in [0.29, 0.717) is 6.29 Å². The van der Waals surface area contributed by atoms with E-state index in [1.54, 1.807) is 0 Å². The molecule has 0 radical (unpaired) electrons. The van der Waals surface area contributed by atoms with E-state index in [1.807, 2.05) is 0 Å². The second-order valence-electron chi connectivity index (χ2n) is 3.33. The van der Waals surface area contributed by atoms with Crippen LogP contribution in [0.4, 0.5) is 0 Å². The van der Waals surface area contributed by atoms with Crippen LogP contribution in [0.5, 0.6) is 0 Å². The zero-order chi connectivity index (χ0) is 10.1. The molecule has 1 fully saturated rings. The van der Waals surface area contributed by atoms with Crippen LogP contribution in [-0.4, -0.2) is 45.5 Å². The first-order chi connectivity index (χ1) is 6.04. The van der Waals surface area contributed by atoms with Gasteiger partial charge in [-0.25, -0.2) is 5.90 Å². The van der Waals surface area contributed by atoms with Gasteiger partial charge < -0.3 is 20.1 Å². The Bertz CT molecular complexity index is 185. The fraction of sp³-hybridized carbons (Fsp3) is 0.857. The fourth-order valence-electron chi connectivity index (χ4n) is 1.51. The maximum Gasteiger partial charge on any atom is 0.154 e. The molecule has 1 aliphatic carbocycles. The third kappa shape index (κ3) is 1.87. The normalized spacial score (nSPS) is 46.0. The van der Waals surface area contributed by atoms with Gasteiger partial charge in [-0.15, -0.1) is 0 Å². The van der Waals surface area contributed by atoms with E-state index in [0.717, 1.165) is 0 Å². The lowest BCUT2D eigenvalue weighted by molar-refractivity contribution is -0.177. The van der Waals surface area contributed by atoms with Gasteiger partial charge in [0, 0.05) is 12.8 Å². The van der Waals surface area contributed by atoms with Crippen molar-refractivity contribution in [3.8, 4) is 0 Å². The largest absolute Gasteiger partial charge is 0.390 e. The summed E-state index contributed by atoms with van der Waals surface area (Å²) in [4.78, 5) is 15.0. The number of rotatable bonds is 2. The van der Waals surface area contributed by atoms with Crippen LogP contribution in [0.1, 0.15) is 12.8 Å². The second kappa shape index (κ2) is 3.69. The Morgan fingerprint density at radius 3 is 2.08 bits per heavy atom. The molecule has 0 unspecified atom stereocenters. The molecule has 0 aromatic rings. The predicted molar refractivity (Wildman–Crippen MR) is 41.3 cm³/mol. The first-order valence-electron chi connectivity index (χ1n) is 3.93. The molecule has 0 spiro atoms. The van der Waals surface area contributed by atoms with Crippen LogP contribution in [0.25, 0.3) is 0 Å². The van der Waals surface area contributed by atoms with E-state index in [9.17, 15) is 15.0 Å². The maximum atomic E-state index is 10.6. The van der Waals surface area contributed by atoms with Gasteiger partial charge in [-0.3, -0.25) is 4.84 Å². The summed E-state index contributed by atoms with van der Waals surface area (Å²) in [6.07, 6.45) is -3.42. The van der Waals surface area contributed by atoms with E-state index in [1.165, 1.54) is 0 Å². The maximum absolute atomic E-state index is 10.6. The fourth-order valence-corrected chi connectivity index (χ4v) is 1.51. The Hall–Kier alpha value is -0.530. The Kier molecular flexibility index (Phi) is 2.99. The number of nitrogens with two attached hydrogens (primary N) is 1. The zero-order valence-corrected chi connectivity index (χ0v) is 6.96. The Balaban J connectivity index is 2.77. The van der Waals surface area contributed by atoms with E-state index in [4.69, 9.17) is 11.0 Å². The van der Waals surface area contributed by atoms with Gasteiger partial charge in [0.25, 0.3) is 0 Å². The quantitative estimate of drug-likeness (QED) is 0.288. The molecular formula is C7H13NO5. The van der Waals surface area contributed by atoms with Crippen LogP contribution in [0, 0.1) is 0 Å². The van der Waals surface area contributed by atoms with Gasteiger partial charge >= 0.3 is 0 Å². The summed E-state index contributed by atoms with van der Waals surface area (Å²) in [6, 6.07) is 0. The number of aliphatic hydroxyl groups excluding tert-OH is 3. The average molecular weight is 191 g/mol. The monoisotopic (exact) mass is 191 g/mol. The molecule has 5 N–H and O–H groups in total. The number of carbonyl (C=O) groups is 1. The molecule has 0 aliphatic heterocycles. The van der Waals surface area contributed by atoms with Crippen molar-refractivity contribution in [2.24, 2.45) is 5.90 Å². The summed E-state index contributed by atoms with van der Waals surface area (Å²) in [7, 11) is 0. The lowest BCUT2D eigenvalue weighted by Gasteiger charge is -2.38. The highest BCUT2D eigenvalue weighted by Gasteiger charge is 2.45. The lowest BCUT2D eigenvalue weighted by Crippen LogP contribution is -2.55. The highest BCUT2D eigenvalue weighted by molar-refractivity contribution is 5.63. The molecule has 1 saturated carbocycles. The Morgan fingerprint density at radius 1 is 1.31 bits per heavy atom. The van der Waals surface area contributed by atoms with E-state index in [2.05, 4.69) is 4.84 Å². The molecule has 1 rings (SSSR count).